The summed E-state index contributed by atoms with van der Waals surface area (Å²) in [6.45, 7) is 8.79. The molecule has 3 unspecified atom stereocenters. The Morgan fingerprint density at radius 2 is 1.44 bits per heavy atom. The maximum Gasteiger partial charge on any atom is 0.410 e. The zero-order valence-electron chi connectivity index (χ0n) is 28.7. The van der Waals surface area contributed by atoms with E-state index in [1.165, 1.54) is 24.1 Å². The van der Waals surface area contributed by atoms with E-state index in [0.29, 0.717) is 45.7 Å². The summed E-state index contributed by atoms with van der Waals surface area (Å²) in [7, 11) is 6.17. The van der Waals surface area contributed by atoms with Crippen molar-refractivity contribution in [2.45, 2.75) is 45.3 Å². The van der Waals surface area contributed by atoms with Gasteiger partial charge in [0.15, 0.2) is 12.0 Å². The second-order valence-electron chi connectivity index (χ2n) is 11.6. The fourth-order valence-corrected chi connectivity index (χ4v) is 6.14. The third-order valence-electron chi connectivity index (χ3n) is 6.82. The van der Waals surface area contributed by atoms with E-state index in [1.54, 1.807) is 27.6 Å². The molecule has 278 valence electrons. The fourth-order valence-electron chi connectivity index (χ4n) is 4.65. The standard InChI is InChI=1S/C14H24N6O6S.C11H23N3O4S.CH5N/c1-26-27(25)19-7-5-18(6-8-19)14(24)20-10(12(22)23)9(11(20)21)3-2-4-17-13(15)16;1-11(2,3)17-10(15)13-6-8-14(9-7-13)19(16)18-12(4)5;1-2/h9-10H,2-8H2,1H3,(H,22,23)(H4,15,16,17);6-9H2,1-5H3;2H2,1H3/t9-,10?,27?;;/m1../s1. The van der Waals surface area contributed by atoms with Crippen LogP contribution in [-0.4, -0.2) is 171 Å². The van der Waals surface area contributed by atoms with E-state index in [-0.39, 0.29) is 38.1 Å². The molecule has 3 saturated heterocycles. The smallest absolute Gasteiger partial charge is 0.410 e. The molecule has 7 N–H and O–H groups in total. The van der Waals surface area contributed by atoms with Crippen LogP contribution in [-0.2, 0) is 45.3 Å². The number of carboxylic acids is 1. The van der Waals surface area contributed by atoms with E-state index in [2.05, 4.69) is 10.7 Å². The number of likely N-dealkylation sites (tertiary alicyclic amines) is 1. The van der Waals surface area contributed by atoms with Crippen LogP contribution in [0.15, 0.2) is 4.99 Å². The van der Waals surface area contributed by atoms with Crippen LogP contribution in [0.1, 0.15) is 33.6 Å². The van der Waals surface area contributed by atoms with Crippen LogP contribution in [0.3, 0.4) is 0 Å². The van der Waals surface area contributed by atoms with Crippen LogP contribution >= 0.6 is 0 Å². The van der Waals surface area contributed by atoms with Crippen molar-refractivity contribution in [3.05, 3.63) is 0 Å². The highest BCUT2D eigenvalue weighted by Crippen LogP contribution is 2.32. The van der Waals surface area contributed by atoms with E-state index < -0.39 is 58.0 Å². The maximum absolute atomic E-state index is 12.6. The van der Waals surface area contributed by atoms with Crippen molar-refractivity contribution in [2.75, 3.05) is 87.2 Å². The first-order chi connectivity index (χ1) is 22.5. The van der Waals surface area contributed by atoms with Gasteiger partial charge in [0.1, 0.15) is 5.60 Å². The summed E-state index contributed by atoms with van der Waals surface area (Å²) >= 11 is -3.09. The van der Waals surface area contributed by atoms with Gasteiger partial charge in [-0.3, -0.25) is 14.0 Å². The minimum absolute atomic E-state index is 0.0740. The second-order valence-corrected chi connectivity index (χ2v) is 14.0. The lowest BCUT2D eigenvalue weighted by atomic mass is 9.84. The quantitative estimate of drug-likeness (QED) is 0.0630. The number of aliphatic carboxylic acids is 1. The van der Waals surface area contributed by atoms with Crippen molar-refractivity contribution >= 4 is 52.5 Å². The van der Waals surface area contributed by atoms with Gasteiger partial charge in [-0.25, -0.2) is 27.7 Å². The van der Waals surface area contributed by atoms with E-state index in [1.807, 2.05) is 20.8 Å². The van der Waals surface area contributed by atoms with Gasteiger partial charge in [-0.1, -0.05) is 0 Å². The van der Waals surface area contributed by atoms with Crippen LogP contribution in [0.5, 0.6) is 0 Å². The molecule has 3 aliphatic heterocycles. The average molecular weight is 729 g/mol. The molecule has 22 heteroatoms. The van der Waals surface area contributed by atoms with Gasteiger partial charge in [0, 0.05) is 73.0 Å². The van der Waals surface area contributed by atoms with Gasteiger partial charge in [-0.2, -0.15) is 18.0 Å². The summed E-state index contributed by atoms with van der Waals surface area (Å²) in [5, 5.41) is 10.8. The number of urea groups is 1. The molecule has 0 aliphatic carbocycles. The number of nitrogens with two attached hydrogens (primary N) is 3. The minimum Gasteiger partial charge on any atom is -0.480 e. The van der Waals surface area contributed by atoms with Crippen molar-refractivity contribution in [3.63, 3.8) is 0 Å². The Hall–Kier alpha value is -2.99. The number of piperazine rings is 2. The lowest BCUT2D eigenvalue weighted by molar-refractivity contribution is -0.167. The molecule has 3 heterocycles. The average Bonchev–Trinajstić information content (AvgIpc) is 3.02. The third kappa shape index (κ3) is 13.5. The van der Waals surface area contributed by atoms with Crippen LogP contribution in [0, 0.1) is 5.92 Å². The third-order valence-corrected chi connectivity index (χ3v) is 9.10. The molecular formula is C26H52N10O10S2. The van der Waals surface area contributed by atoms with Gasteiger partial charge >= 0.3 is 18.1 Å². The van der Waals surface area contributed by atoms with E-state index in [9.17, 15) is 32.7 Å². The van der Waals surface area contributed by atoms with E-state index in [0.717, 1.165) is 4.90 Å². The number of nitrogens with zero attached hydrogens (tertiary/aromatic N) is 7. The number of imide groups is 1. The Bertz CT molecular complexity index is 1150. The molecule has 0 aromatic heterocycles. The molecule has 4 atom stereocenters. The van der Waals surface area contributed by atoms with Gasteiger partial charge < -0.3 is 36.8 Å². The Morgan fingerprint density at radius 1 is 0.938 bits per heavy atom. The predicted molar refractivity (Wildman–Crippen MR) is 178 cm³/mol. The Kier molecular flexibility index (Phi) is 18.4. The number of hydrogen-bond acceptors (Lipinski definition) is 12. The van der Waals surface area contributed by atoms with Crippen molar-refractivity contribution in [3.8, 4) is 0 Å². The number of carboxylic acid groups (broad SMARTS) is 1. The van der Waals surface area contributed by atoms with Crippen LogP contribution in [0.2, 0.25) is 0 Å². The molecule has 20 nitrogen and oxygen atoms in total. The molecule has 3 aliphatic rings. The molecule has 3 fully saturated rings. The van der Waals surface area contributed by atoms with Crippen LogP contribution < -0.4 is 17.2 Å². The summed E-state index contributed by atoms with van der Waals surface area (Å²) in [6, 6.07) is -1.84. The number of carbonyl (C=O) groups excluding carboxylic acids is 3. The van der Waals surface area contributed by atoms with Crippen molar-refractivity contribution in [1.82, 2.24) is 28.4 Å². The lowest BCUT2D eigenvalue weighted by Crippen LogP contribution is -2.69. The Labute approximate surface area is 287 Å². The number of amides is 4. The summed E-state index contributed by atoms with van der Waals surface area (Å²) in [4.78, 5) is 55.9. The first-order valence-electron chi connectivity index (χ1n) is 15.2. The fraction of sp³-hybridized carbons (Fsp3) is 0.808. The first kappa shape index (κ1) is 43.0. The zero-order chi connectivity index (χ0) is 36.8. The minimum atomic E-state index is -1.58. The number of carbonyl (C=O) groups is 4. The van der Waals surface area contributed by atoms with Crippen molar-refractivity contribution in [1.29, 1.82) is 0 Å². The number of β-lactam (4-membered cyclic amide) rings is 1. The SMILES string of the molecule is CN.CN(C)OS(=O)N1CCN(C(=O)OC(C)(C)C)CC1.COS(=O)N1CCN(C(=O)N2C(=O)[C@H](CCCN=C(N)N)C2C(=O)O)CC1. The normalized spacial score (nSPS) is 21.5. The monoisotopic (exact) mass is 728 g/mol. The highest BCUT2D eigenvalue weighted by molar-refractivity contribution is 7.77. The van der Waals surface area contributed by atoms with Crippen molar-refractivity contribution < 1.29 is 45.9 Å². The molecule has 48 heavy (non-hydrogen) atoms. The van der Waals surface area contributed by atoms with Crippen LogP contribution in [0.25, 0.3) is 0 Å². The molecule has 0 saturated carbocycles. The number of hydrogen-bond donors (Lipinski definition) is 4. The summed E-state index contributed by atoms with van der Waals surface area (Å²) < 4.78 is 41.7. The summed E-state index contributed by atoms with van der Waals surface area (Å²) in [5.74, 6) is -2.59. The number of ether oxygens (including phenoxy) is 1. The highest BCUT2D eigenvalue weighted by atomic mass is 32.2. The summed E-state index contributed by atoms with van der Waals surface area (Å²) in [6.07, 6.45) is 0.380. The number of hydroxylamine groups is 2. The van der Waals surface area contributed by atoms with Crippen LogP contribution in [0.4, 0.5) is 9.59 Å². The largest absolute Gasteiger partial charge is 0.480 e. The molecule has 0 aromatic carbocycles. The van der Waals surface area contributed by atoms with Crippen molar-refractivity contribution in [2.24, 2.45) is 28.1 Å². The summed E-state index contributed by atoms with van der Waals surface area (Å²) in [5.41, 5.74) is 14.4. The first-order valence-corrected chi connectivity index (χ1v) is 17.2. The van der Waals surface area contributed by atoms with E-state index >= 15 is 0 Å². The molecule has 0 spiro atoms. The Balaban J connectivity index is 0.000000482. The van der Waals surface area contributed by atoms with Gasteiger partial charge in [0.25, 0.3) is 11.3 Å². The zero-order valence-corrected chi connectivity index (χ0v) is 30.4. The second kappa shape index (κ2) is 20.5. The topological polar surface area (TPSA) is 260 Å². The number of rotatable bonds is 10. The van der Waals surface area contributed by atoms with Gasteiger partial charge in [-0.15, -0.1) is 0 Å². The molecule has 4 amide bonds. The maximum atomic E-state index is 12.6. The number of guanidine groups is 1. The Morgan fingerprint density at radius 3 is 1.88 bits per heavy atom. The molecular weight excluding hydrogens is 676 g/mol. The predicted octanol–water partition coefficient (Wildman–Crippen LogP) is -1.90. The lowest BCUT2D eigenvalue weighted by Gasteiger charge is -2.46. The molecule has 0 aromatic rings. The molecule has 3 rings (SSSR count). The van der Waals surface area contributed by atoms with Gasteiger partial charge in [-0.05, 0) is 40.7 Å². The molecule has 0 radical (unpaired) electrons. The van der Waals surface area contributed by atoms with E-state index in [4.69, 9.17) is 24.7 Å². The van der Waals surface area contributed by atoms with Gasteiger partial charge in [0.05, 0.1) is 13.0 Å². The number of aliphatic imine (C=N–C) groups is 1. The highest BCUT2D eigenvalue weighted by Gasteiger charge is 2.55. The molecule has 0 bridgehead atoms. The van der Waals surface area contributed by atoms with Gasteiger partial charge in [0.2, 0.25) is 17.2 Å².